The molecule has 1 unspecified atom stereocenters. The first-order valence-corrected chi connectivity index (χ1v) is 7.04. The van der Waals surface area contributed by atoms with E-state index in [0.29, 0.717) is 6.04 Å². The van der Waals surface area contributed by atoms with Crippen molar-refractivity contribution in [2.45, 2.75) is 25.4 Å². The zero-order chi connectivity index (χ0) is 12.4. The summed E-state index contributed by atoms with van der Waals surface area (Å²) in [6.45, 7) is 0.831. The molecule has 2 aromatic rings. The third-order valence-corrected chi connectivity index (χ3v) is 4.21. The molecule has 0 radical (unpaired) electrons. The molecule has 1 heterocycles. The number of rotatable bonds is 3. The number of pyridine rings is 1. The Hall–Kier alpha value is -1.19. The molecule has 92 valence electrons. The van der Waals surface area contributed by atoms with E-state index < -0.39 is 0 Å². The second-order valence-corrected chi connectivity index (χ2v) is 5.46. The molecular weight excluding hydrogens is 288 g/mol. The molecule has 1 aliphatic carbocycles. The third kappa shape index (κ3) is 2.33. The fourth-order valence-corrected chi connectivity index (χ4v) is 3.13. The summed E-state index contributed by atoms with van der Waals surface area (Å²) in [7, 11) is 0. The van der Waals surface area contributed by atoms with E-state index in [1.54, 1.807) is 0 Å². The van der Waals surface area contributed by atoms with Gasteiger partial charge in [0.25, 0.3) is 0 Å². The lowest BCUT2D eigenvalue weighted by Gasteiger charge is -2.13. The molecule has 0 amide bonds. The number of hydrogen-bond donors (Lipinski definition) is 1. The van der Waals surface area contributed by atoms with Crippen LogP contribution in [-0.2, 0) is 13.0 Å². The maximum absolute atomic E-state index is 4.34. The van der Waals surface area contributed by atoms with Crippen LogP contribution < -0.4 is 5.32 Å². The van der Waals surface area contributed by atoms with Crippen LogP contribution in [-0.4, -0.2) is 4.98 Å². The first kappa shape index (κ1) is 11.9. The van der Waals surface area contributed by atoms with E-state index in [-0.39, 0.29) is 0 Å². The minimum atomic E-state index is 0.458. The lowest BCUT2D eigenvalue weighted by Crippen LogP contribution is -2.19. The topological polar surface area (TPSA) is 24.9 Å². The molecule has 1 aromatic carbocycles. The van der Waals surface area contributed by atoms with E-state index in [1.165, 1.54) is 22.0 Å². The van der Waals surface area contributed by atoms with Gasteiger partial charge in [0.15, 0.2) is 0 Å². The van der Waals surface area contributed by atoms with Gasteiger partial charge in [0, 0.05) is 23.3 Å². The van der Waals surface area contributed by atoms with Crippen molar-refractivity contribution in [3.8, 4) is 0 Å². The molecule has 18 heavy (non-hydrogen) atoms. The van der Waals surface area contributed by atoms with E-state index in [1.807, 2.05) is 18.3 Å². The van der Waals surface area contributed by atoms with Crippen LogP contribution >= 0.6 is 15.9 Å². The fraction of sp³-hybridized carbons (Fsp3) is 0.267. The maximum Gasteiger partial charge on any atom is 0.0541 e. The summed E-state index contributed by atoms with van der Waals surface area (Å²) in [6.07, 6.45) is 4.16. The molecule has 1 atom stereocenters. The Balaban J connectivity index is 1.72. The SMILES string of the molecule is Brc1cccc2c1CCC2NCc1ccccn1. The number of aromatic nitrogens is 1. The van der Waals surface area contributed by atoms with Gasteiger partial charge in [0.1, 0.15) is 0 Å². The van der Waals surface area contributed by atoms with Gasteiger partial charge in [-0.15, -0.1) is 0 Å². The highest BCUT2D eigenvalue weighted by Gasteiger charge is 2.23. The Morgan fingerprint density at radius 3 is 3.00 bits per heavy atom. The Bertz CT molecular complexity index is 539. The van der Waals surface area contributed by atoms with Crippen molar-refractivity contribution in [1.29, 1.82) is 0 Å². The summed E-state index contributed by atoms with van der Waals surface area (Å²) in [4.78, 5) is 4.34. The van der Waals surface area contributed by atoms with Crippen molar-refractivity contribution >= 4 is 15.9 Å². The number of fused-ring (bicyclic) bond motifs is 1. The number of hydrogen-bond acceptors (Lipinski definition) is 2. The third-order valence-electron chi connectivity index (χ3n) is 3.47. The first-order valence-electron chi connectivity index (χ1n) is 6.25. The van der Waals surface area contributed by atoms with E-state index in [9.17, 15) is 0 Å². The van der Waals surface area contributed by atoms with Gasteiger partial charge < -0.3 is 5.32 Å². The predicted molar refractivity (Wildman–Crippen MR) is 76.3 cm³/mol. The van der Waals surface area contributed by atoms with Crippen LogP contribution in [0.1, 0.15) is 29.3 Å². The minimum absolute atomic E-state index is 0.458. The van der Waals surface area contributed by atoms with Crippen LogP contribution in [0.4, 0.5) is 0 Å². The van der Waals surface area contributed by atoms with Crippen molar-refractivity contribution in [2.75, 3.05) is 0 Å². The van der Waals surface area contributed by atoms with Crippen LogP contribution in [0.3, 0.4) is 0 Å². The second-order valence-electron chi connectivity index (χ2n) is 4.60. The summed E-state index contributed by atoms with van der Waals surface area (Å²) in [5, 5.41) is 3.60. The number of benzene rings is 1. The van der Waals surface area contributed by atoms with Gasteiger partial charge in [-0.3, -0.25) is 4.98 Å². The lowest BCUT2D eigenvalue weighted by atomic mass is 10.1. The molecule has 1 N–H and O–H groups in total. The number of nitrogens with zero attached hydrogens (tertiary/aromatic N) is 1. The molecule has 1 aromatic heterocycles. The highest BCUT2D eigenvalue weighted by molar-refractivity contribution is 9.10. The molecule has 0 saturated carbocycles. The lowest BCUT2D eigenvalue weighted by molar-refractivity contribution is 0.525. The van der Waals surface area contributed by atoms with Crippen LogP contribution in [0.2, 0.25) is 0 Å². The summed E-state index contributed by atoms with van der Waals surface area (Å²) >= 11 is 3.63. The van der Waals surface area contributed by atoms with Gasteiger partial charge in [-0.25, -0.2) is 0 Å². The second kappa shape index (κ2) is 5.21. The van der Waals surface area contributed by atoms with Crippen LogP contribution in [0.25, 0.3) is 0 Å². The Morgan fingerprint density at radius 2 is 2.17 bits per heavy atom. The van der Waals surface area contributed by atoms with Gasteiger partial charge in [0.05, 0.1) is 5.69 Å². The summed E-state index contributed by atoms with van der Waals surface area (Å²) in [6, 6.07) is 13.0. The van der Waals surface area contributed by atoms with Crippen molar-refractivity contribution in [1.82, 2.24) is 10.3 Å². The van der Waals surface area contributed by atoms with E-state index in [4.69, 9.17) is 0 Å². The average Bonchev–Trinajstić information content (AvgIpc) is 2.82. The quantitative estimate of drug-likeness (QED) is 0.937. The van der Waals surface area contributed by atoms with E-state index in [0.717, 1.165) is 18.7 Å². The normalized spacial score (nSPS) is 17.7. The van der Waals surface area contributed by atoms with Gasteiger partial charge in [-0.1, -0.05) is 34.1 Å². The van der Waals surface area contributed by atoms with Crippen molar-refractivity contribution in [2.24, 2.45) is 0 Å². The highest BCUT2D eigenvalue weighted by atomic mass is 79.9. The largest absolute Gasteiger partial charge is 0.304 e. The highest BCUT2D eigenvalue weighted by Crippen LogP contribution is 2.35. The molecule has 2 nitrogen and oxygen atoms in total. The summed E-state index contributed by atoms with van der Waals surface area (Å²) < 4.78 is 1.24. The van der Waals surface area contributed by atoms with Crippen LogP contribution in [0, 0.1) is 0 Å². The molecule has 0 bridgehead atoms. The zero-order valence-electron chi connectivity index (χ0n) is 10.1. The summed E-state index contributed by atoms with van der Waals surface area (Å²) in [5.74, 6) is 0. The minimum Gasteiger partial charge on any atom is -0.304 e. The van der Waals surface area contributed by atoms with Crippen molar-refractivity contribution in [3.05, 3.63) is 63.9 Å². The average molecular weight is 303 g/mol. The molecular formula is C15H15BrN2. The van der Waals surface area contributed by atoms with Gasteiger partial charge in [-0.05, 0) is 42.2 Å². The molecule has 0 fully saturated rings. The van der Waals surface area contributed by atoms with Gasteiger partial charge >= 0.3 is 0 Å². The molecule has 0 saturated heterocycles. The number of halogens is 1. The fourth-order valence-electron chi connectivity index (χ4n) is 2.55. The van der Waals surface area contributed by atoms with Crippen molar-refractivity contribution in [3.63, 3.8) is 0 Å². The smallest absolute Gasteiger partial charge is 0.0541 e. The standard InChI is InChI=1S/C15H15BrN2/c16-14-6-3-5-13-12(14)7-8-15(13)18-10-11-4-1-2-9-17-11/h1-6,9,15,18H,7-8,10H2. The Kier molecular flexibility index (Phi) is 3.43. The molecule has 3 heteroatoms. The molecule has 3 rings (SSSR count). The van der Waals surface area contributed by atoms with E-state index in [2.05, 4.69) is 50.5 Å². The van der Waals surface area contributed by atoms with Gasteiger partial charge in [0.2, 0.25) is 0 Å². The van der Waals surface area contributed by atoms with Crippen LogP contribution in [0.5, 0.6) is 0 Å². The zero-order valence-corrected chi connectivity index (χ0v) is 11.7. The molecule has 0 spiro atoms. The molecule has 0 aliphatic heterocycles. The Labute approximate surface area is 116 Å². The monoisotopic (exact) mass is 302 g/mol. The first-order chi connectivity index (χ1) is 8.84. The maximum atomic E-state index is 4.34. The molecule has 1 aliphatic rings. The van der Waals surface area contributed by atoms with Crippen molar-refractivity contribution < 1.29 is 0 Å². The number of nitrogens with one attached hydrogen (secondary N) is 1. The van der Waals surface area contributed by atoms with E-state index >= 15 is 0 Å². The predicted octanol–water partition coefficient (Wildman–Crippen LogP) is 3.62. The Morgan fingerprint density at radius 1 is 1.22 bits per heavy atom. The van der Waals surface area contributed by atoms with Gasteiger partial charge in [-0.2, -0.15) is 0 Å². The summed E-state index contributed by atoms with van der Waals surface area (Å²) in [5.41, 5.74) is 3.98. The van der Waals surface area contributed by atoms with Crippen LogP contribution in [0.15, 0.2) is 47.1 Å².